The first-order chi connectivity index (χ1) is 15.5. The van der Waals surface area contributed by atoms with Crippen molar-refractivity contribution >= 4 is 23.4 Å². The quantitative estimate of drug-likeness (QED) is 0.337. The Balaban J connectivity index is 1.51. The number of rotatable bonds is 5. The number of benzene rings is 2. The normalized spacial score (nSPS) is 11.3. The third kappa shape index (κ3) is 3.65. The van der Waals surface area contributed by atoms with Gasteiger partial charge in [0.15, 0.2) is 11.5 Å². The summed E-state index contributed by atoms with van der Waals surface area (Å²) in [6.07, 6.45) is 0.860. The zero-order valence-corrected chi connectivity index (χ0v) is 19.0. The van der Waals surface area contributed by atoms with Crippen molar-refractivity contribution in [3.05, 3.63) is 82.1 Å². The summed E-state index contributed by atoms with van der Waals surface area (Å²) in [5.41, 5.74) is 8.43. The lowest BCUT2D eigenvalue weighted by molar-refractivity contribution is 0.406. The maximum Gasteiger partial charge on any atom is 0.314 e. The third-order valence-corrected chi connectivity index (χ3v) is 5.82. The monoisotopic (exact) mass is 441 g/mol. The summed E-state index contributed by atoms with van der Waals surface area (Å²) in [6, 6.07) is 18.8. The molecule has 1 N–H and O–H groups in total. The van der Waals surface area contributed by atoms with Gasteiger partial charge in [-0.3, -0.25) is 0 Å². The zero-order chi connectivity index (χ0) is 22.2. The van der Waals surface area contributed by atoms with E-state index >= 15 is 0 Å². The molecule has 0 bridgehead atoms. The molecule has 7 heteroatoms. The molecule has 0 fully saturated rings. The van der Waals surface area contributed by atoms with Gasteiger partial charge in [-0.2, -0.15) is 4.98 Å². The van der Waals surface area contributed by atoms with Crippen LogP contribution in [-0.4, -0.2) is 24.7 Å². The summed E-state index contributed by atoms with van der Waals surface area (Å²) in [5, 5.41) is 2.80. The van der Waals surface area contributed by atoms with E-state index in [-0.39, 0.29) is 4.84 Å². The van der Waals surface area contributed by atoms with Gasteiger partial charge in [-0.1, -0.05) is 55.5 Å². The highest BCUT2D eigenvalue weighted by atomic mass is 32.1. The number of fused-ring (bicyclic) bond motifs is 1. The van der Waals surface area contributed by atoms with E-state index in [0.717, 1.165) is 52.3 Å². The third-order valence-electron chi connectivity index (χ3n) is 5.64. The van der Waals surface area contributed by atoms with E-state index in [1.807, 2.05) is 25.1 Å². The van der Waals surface area contributed by atoms with Crippen LogP contribution < -0.4 is 0 Å². The molecule has 3 heterocycles. The highest BCUT2D eigenvalue weighted by Gasteiger charge is 2.14. The van der Waals surface area contributed by atoms with Crippen LogP contribution in [0.15, 0.2) is 59.1 Å². The van der Waals surface area contributed by atoms with E-state index in [4.69, 9.17) is 26.7 Å². The average Bonchev–Trinajstić information content (AvgIpc) is 3.38. The van der Waals surface area contributed by atoms with Crippen molar-refractivity contribution in [2.24, 2.45) is 0 Å². The van der Waals surface area contributed by atoms with Crippen LogP contribution >= 0.6 is 12.2 Å². The van der Waals surface area contributed by atoms with Crippen molar-refractivity contribution in [2.75, 3.05) is 0 Å². The fourth-order valence-corrected chi connectivity index (χ4v) is 4.28. The highest BCUT2D eigenvalue weighted by molar-refractivity contribution is 7.71. The minimum Gasteiger partial charge on any atom is -0.348 e. The first-order valence-electron chi connectivity index (χ1n) is 10.6. The summed E-state index contributed by atoms with van der Waals surface area (Å²) < 4.78 is 7.36. The van der Waals surface area contributed by atoms with Crippen LogP contribution in [-0.2, 0) is 13.0 Å². The van der Waals surface area contributed by atoms with E-state index in [1.165, 1.54) is 11.1 Å². The fourth-order valence-electron chi connectivity index (χ4n) is 4.14. The van der Waals surface area contributed by atoms with Gasteiger partial charge >= 0.3 is 4.84 Å². The minimum atomic E-state index is 0.198. The first kappa shape index (κ1) is 20.3. The van der Waals surface area contributed by atoms with Gasteiger partial charge in [0.05, 0.1) is 6.54 Å². The van der Waals surface area contributed by atoms with Crippen LogP contribution in [0.25, 0.3) is 33.7 Å². The number of nitrogens with one attached hydrogen (secondary N) is 1. The number of hydrogen-bond donors (Lipinski definition) is 1. The van der Waals surface area contributed by atoms with Crippen molar-refractivity contribution in [1.82, 2.24) is 24.7 Å². The van der Waals surface area contributed by atoms with Gasteiger partial charge in [0.2, 0.25) is 0 Å². The predicted octanol–water partition coefficient (Wildman–Crippen LogP) is 6.04. The van der Waals surface area contributed by atoms with Gasteiger partial charge in [-0.15, -0.1) is 0 Å². The Hall–Kier alpha value is -3.58. The Kier molecular flexibility index (Phi) is 5.19. The molecule has 0 radical (unpaired) electrons. The van der Waals surface area contributed by atoms with E-state index in [9.17, 15) is 0 Å². The number of pyridine rings is 1. The molecule has 0 amide bonds. The summed E-state index contributed by atoms with van der Waals surface area (Å²) in [4.78, 5) is 14.1. The number of aromatic amines is 1. The van der Waals surface area contributed by atoms with Gasteiger partial charge in [0, 0.05) is 17.7 Å². The summed E-state index contributed by atoms with van der Waals surface area (Å²) >= 11 is 5.01. The van der Waals surface area contributed by atoms with Gasteiger partial charge in [-0.25, -0.2) is 15.1 Å². The second-order valence-electron chi connectivity index (χ2n) is 7.89. The number of hydrogen-bond acceptors (Lipinski definition) is 5. The molecule has 0 aliphatic rings. The SMILES string of the molecule is CCc1nc2c(C)cc(C)nc2n1Cc1ccc(-c2ccccc2-c2nc(=S)o[nH]2)cc1. The Bertz CT molecular complexity index is 1480. The number of aromatic nitrogens is 5. The Morgan fingerprint density at radius 3 is 2.41 bits per heavy atom. The largest absolute Gasteiger partial charge is 0.348 e. The molecule has 32 heavy (non-hydrogen) atoms. The maximum atomic E-state index is 5.13. The molecule has 0 spiro atoms. The lowest BCUT2D eigenvalue weighted by Crippen LogP contribution is -2.05. The van der Waals surface area contributed by atoms with E-state index in [0.29, 0.717) is 5.82 Å². The Morgan fingerprint density at radius 2 is 1.72 bits per heavy atom. The number of nitrogens with zero attached hydrogens (tertiary/aromatic N) is 4. The average molecular weight is 442 g/mol. The van der Waals surface area contributed by atoms with Crippen molar-refractivity contribution in [1.29, 1.82) is 0 Å². The van der Waals surface area contributed by atoms with Crippen molar-refractivity contribution in [2.45, 2.75) is 33.7 Å². The second-order valence-corrected chi connectivity index (χ2v) is 8.24. The Morgan fingerprint density at radius 1 is 0.969 bits per heavy atom. The van der Waals surface area contributed by atoms with Gasteiger partial charge in [0.1, 0.15) is 11.3 Å². The lowest BCUT2D eigenvalue weighted by atomic mass is 9.98. The van der Waals surface area contributed by atoms with Gasteiger partial charge in [0.25, 0.3) is 0 Å². The topological polar surface area (TPSA) is 72.5 Å². The summed E-state index contributed by atoms with van der Waals surface area (Å²) in [7, 11) is 0. The van der Waals surface area contributed by atoms with Crippen molar-refractivity contribution < 1.29 is 4.52 Å². The standard InChI is InChI=1S/C25H23N5OS/c1-4-21-27-22-15(2)13-16(3)26-24(22)30(21)14-17-9-11-18(12-10-17)19-7-5-6-8-20(19)23-28-25(32)31-29-23/h5-13H,4,14H2,1-3H3,(H,28,29,32). The van der Waals surface area contributed by atoms with E-state index in [2.05, 4.69) is 65.0 Å². The highest BCUT2D eigenvalue weighted by Crippen LogP contribution is 2.30. The van der Waals surface area contributed by atoms with Crippen LogP contribution in [0.5, 0.6) is 0 Å². The summed E-state index contributed by atoms with van der Waals surface area (Å²) in [5.74, 6) is 1.68. The van der Waals surface area contributed by atoms with Crippen LogP contribution in [0.1, 0.15) is 29.6 Å². The molecule has 6 nitrogen and oxygen atoms in total. The first-order valence-corrected chi connectivity index (χ1v) is 11.0. The zero-order valence-electron chi connectivity index (χ0n) is 18.2. The molecule has 0 aliphatic carbocycles. The maximum absolute atomic E-state index is 5.13. The van der Waals surface area contributed by atoms with E-state index < -0.39 is 0 Å². The molecule has 3 aromatic heterocycles. The van der Waals surface area contributed by atoms with Crippen LogP contribution in [0.4, 0.5) is 0 Å². The van der Waals surface area contributed by atoms with Crippen molar-refractivity contribution in [3.63, 3.8) is 0 Å². The number of aryl methyl sites for hydroxylation is 3. The fraction of sp³-hybridized carbons (Fsp3) is 0.200. The molecule has 0 saturated heterocycles. The Labute approximate surface area is 191 Å². The lowest BCUT2D eigenvalue weighted by Gasteiger charge is -2.11. The second kappa shape index (κ2) is 8.16. The van der Waals surface area contributed by atoms with Crippen LogP contribution in [0, 0.1) is 18.7 Å². The van der Waals surface area contributed by atoms with Crippen molar-refractivity contribution in [3.8, 4) is 22.5 Å². The van der Waals surface area contributed by atoms with Gasteiger partial charge < -0.3 is 9.09 Å². The van der Waals surface area contributed by atoms with Crippen LogP contribution in [0.3, 0.4) is 0 Å². The number of imidazole rings is 1. The molecule has 0 unspecified atom stereocenters. The molecular weight excluding hydrogens is 418 g/mol. The molecule has 0 saturated carbocycles. The molecule has 5 rings (SSSR count). The van der Waals surface area contributed by atoms with Gasteiger partial charge in [-0.05, 0) is 54.4 Å². The molecule has 5 aromatic rings. The predicted molar refractivity (Wildman–Crippen MR) is 128 cm³/mol. The smallest absolute Gasteiger partial charge is 0.314 e. The molecule has 0 atom stereocenters. The molecule has 160 valence electrons. The molecular formula is C25H23N5OS. The minimum absolute atomic E-state index is 0.198. The van der Waals surface area contributed by atoms with E-state index in [1.54, 1.807) is 0 Å². The molecule has 2 aromatic carbocycles. The number of H-pyrrole nitrogens is 1. The molecule has 0 aliphatic heterocycles. The summed E-state index contributed by atoms with van der Waals surface area (Å²) in [6.45, 7) is 6.99. The van der Waals surface area contributed by atoms with Crippen LogP contribution in [0.2, 0.25) is 0 Å².